The number of pyridine rings is 1. The topological polar surface area (TPSA) is 93.5 Å². The van der Waals surface area contributed by atoms with Crippen LogP contribution < -0.4 is 5.73 Å². The summed E-state index contributed by atoms with van der Waals surface area (Å²) in [5.41, 5.74) is 7.40. The standard InChI is InChI=1S/C10H12N4O2/c1-6-2-3-8-12-10(13-14(8)5-6)7(11)4-9(15)16/h2-3,5,7H,4,11H2,1H3,(H,15,16). The van der Waals surface area contributed by atoms with Crippen LogP contribution in [0.2, 0.25) is 0 Å². The van der Waals surface area contributed by atoms with E-state index >= 15 is 0 Å². The van der Waals surface area contributed by atoms with Gasteiger partial charge in [-0.05, 0) is 18.6 Å². The van der Waals surface area contributed by atoms with Gasteiger partial charge in [-0.3, -0.25) is 4.79 Å². The quantitative estimate of drug-likeness (QED) is 0.786. The number of carbonyl (C=O) groups is 1. The van der Waals surface area contributed by atoms with Crippen molar-refractivity contribution in [3.63, 3.8) is 0 Å². The lowest BCUT2D eigenvalue weighted by atomic mass is 10.2. The second-order valence-electron chi connectivity index (χ2n) is 3.68. The maximum atomic E-state index is 10.5. The largest absolute Gasteiger partial charge is 0.481 e. The summed E-state index contributed by atoms with van der Waals surface area (Å²) in [7, 11) is 0. The molecule has 0 aliphatic rings. The molecule has 0 spiro atoms. The van der Waals surface area contributed by atoms with E-state index in [1.165, 1.54) is 0 Å². The molecule has 0 aliphatic heterocycles. The molecule has 0 fully saturated rings. The fourth-order valence-electron chi connectivity index (χ4n) is 1.44. The third-order valence-electron chi connectivity index (χ3n) is 2.22. The Hall–Kier alpha value is -1.95. The van der Waals surface area contributed by atoms with Crippen molar-refractivity contribution in [2.45, 2.75) is 19.4 Å². The molecule has 6 heteroatoms. The molecular weight excluding hydrogens is 208 g/mol. The Labute approximate surface area is 91.7 Å². The van der Waals surface area contributed by atoms with Gasteiger partial charge in [0.25, 0.3) is 0 Å². The molecule has 1 atom stereocenters. The lowest BCUT2D eigenvalue weighted by Crippen LogP contribution is -2.16. The summed E-state index contributed by atoms with van der Waals surface area (Å²) in [5, 5.41) is 12.8. The van der Waals surface area contributed by atoms with E-state index in [2.05, 4.69) is 10.1 Å². The summed E-state index contributed by atoms with van der Waals surface area (Å²) >= 11 is 0. The van der Waals surface area contributed by atoms with E-state index in [-0.39, 0.29) is 6.42 Å². The highest BCUT2D eigenvalue weighted by Gasteiger charge is 2.15. The molecule has 6 nitrogen and oxygen atoms in total. The average Bonchev–Trinajstić information content (AvgIpc) is 2.59. The van der Waals surface area contributed by atoms with Crippen molar-refractivity contribution in [2.24, 2.45) is 5.73 Å². The smallest absolute Gasteiger partial charge is 0.305 e. The minimum Gasteiger partial charge on any atom is -0.481 e. The molecule has 2 aromatic heterocycles. The van der Waals surface area contributed by atoms with Gasteiger partial charge in [0, 0.05) is 6.20 Å². The summed E-state index contributed by atoms with van der Waals surface area (Å²) in [5.74, 6) is -0.601. The van der Waals surface area contributed by atoms with Gasteiger partial charge in [-0.2, -0.15) is 0 Å². The Morgan fingerprint density at radius 3 is 3.06 bits per heavy atom. The van der Waals surface area contributed by atoms with Gasteiger partial charge in [0.1, 0.15) is 0 Å². The number of nitrogens with zero attached hydrogens (tertiary/aromatic N) is 3. The highest BCUT2D eigenvalue weighted by Crippen LogP contribution is 2.11. The molecule has 2 heterocycles. The summed E-state index contributed by atoms with van der Waals surface area (Å²) < 4.78 is 1.60. The molecule has 84 valence electrons. The maximum Gasteiger partial charge on any atom is 0.305 e. The molecule has 0 aliphatic carbocycles. The summed E-state index contributed by atoms with van der Waals surface area (Å²) in [6.07, 6.45) is 1.65. The zero-order chi connectivity index (χ0) is 11.7. The lowest BCUT2D eigenvalue weighted by Gasteiger charge is -2.01. The van der Waals surface area contributed by atoms with Gasteiger partial charge in [0.15, 0.2) is 11.5 Å². The SMILES string of the molecule is Cc1ccc2nc(C(N)CC(=O)O)nn2c1. The Bertz CT molecular complexity index is 535. The number of rotatable bonds is 3. The van der Waals surface area contributed by atoms with Crippen LogP contribution in [0.5, 0.6) is 0 Å². The van der Waals surface area contributed by atoms with Crippen LogP contribution in [0.25, 0.3) is 5.65 Å². The highest BCUT2D eigenvalue weighted by atomic mass is 16.4. The summed E-state index contributed by atoms with van der Waals surface area (Å²) in [6, 6.07) is 3.06. The van der Waals surface area contributed by atoms with Gasteiger partial charge >= 0.3 is 5.97 Å². The second kappa shape index (κ2) is 3.90. The minimum absolute atomic E-state index is 0.171. The van der Waals surface area contributed by atoms with E-state index < -0.39 is 12.0 Å². The number of carboxylic acids is 1. The van der Waals surface area contributed by atoms with E-state index in [1.54, 1.807) is 4.52 Å². The number of aliphatic carboxylic acids is 1. The molecule has 16 heavy (non-hydrogen) atoms. The maximum absolute atomic E-state index is 10.5. The van der Waals surface area contributed by atoms with Crippen LogP contribution in [0.15, 0.2) is 18.3 Å². The number of fused-ring (bicyclic) bond motifs is 1. The molecule has 0 radical (unpaired) electrons. The molecule has 2 aromatic rings. The van der Waals surface area contributed by atoms with Crippen LogP contribution in [0.4, 0.5) is 0 Å². The first-order chi connectivity index (χ1) is 7.56. The number of hydrogen-bond acceptors (Lipinski definition) is 4. The third-order valence-corrected chi connectivity index (χ3v) is 2.22. The van der Waals surface area contributed by atoms with Crippen molar-refractivity contribution >= 4 is 11.6 Å². The van der Waals surface area contributed by atoms with Crippen LogP contribution >= 0.6 is 0 Å². The van der Waals surface area contributed by atoms with Crippen molar-refractivity contribution in [1.29, 1.82) is 0 Å². The molecule has 0 saturated heterocycles. The van der Waals surface area contributed by atoms with E-state index in [1.807, 2.05) is 25.3 Å². The van der Waals surface area contributed by atoms with Crippen molar-refractivity contribution < 1.29 is 9.90 Å². The fourth-order valence-corrected chi connectivity index (χ4v) is 1.44. The number of carboxylic acid groups (broad SMARTS) is 1. The van der Waals surface area contributed by atoms with Gasteiger partial charge in [0.05, 0.1) is 12.5 Å². The zero-order valence-corrected chi connectivity index (χ0v) is 8.79. The van der Waals surface area contributed by atoms with Crippen molar-refractivity contribution in [3.05, 3.63) is 29.7 Å². The normalized spacial score (nSPS) is 12.9. The van der Waals surface area contributed by atoms with E-state index in [9.17, 15) is 4.79 Å². The number of nitrogens with two attached hydrogens (primary N) is 1. The zero-order valence-electron chi connectivity index (χ0n) is 8.79. The monoisotopic (exact) mass is 220 g/mol. The van der Waals surface area contributed by atoms with Gasteiger partial charge in [-0.15, -0.1) is 5.10 Å². The Morgan fingerprint density at radius 2 is 2.38 bits per heavy atom. The predicted molar refractivity (Wildman–Crippen MR) is 56.9 cm³/mol. The first kappa shape index (κ1) is 10.6. The molecule has 3 N–H and O–H groups in total. The Balaban J connectivity index is 2.35. The van der Waals surface area contributed by atoms with Crippen molar-refractivity contribution in [3.8, 4) is 0 Å². The Kier molecular flexibility index (Phi) is 2.57. The fraction of sp³-hybridized carbons (Fsp3) is 0.300. The molecular formula is C10H12N4O2. The van der Waals surface area contributed by atoms with Crippen LogP contribution in [0, 0.1) is 6.92 Å². The van der Waals surface area contributed by atoms with Crippen LogP contribution in [0.3, 0.4) is 0 Å². The first-order valence-electron chi connectivity index (χ1n) is 4.86. The van der Waals surface area contributed by atoms with Crippen LogP contribution in [-0.2, 0) is 4.79 Å². The lowest BCUT2D eigenvalue weighted by molar-refractivity contribution is -0.137. The van der Waals surface area contributed by atoms with Crippen molar-refractivity contribution in [1.82, 2.24) is 14.6 Å². The van der Waals surface area contributed by atoms with Crippen molar-refractivity contribution in [2.75, 3.05) is 0 Å². The third kappa shape index (κ3) is 2.01. The van der Waals surface area contributed by atoms with Crippen LogP contribution in [0.1, 0.15) is 23.9 Å². The molecule has 2 rings (SSSR count). The predicted octanol–water partition coefficient (Wildman–Crippen LogP) is 0.512. The highest BCUT2D eigenvalue weighted by molar-refractivity contribution is 5.67. The van der Waals surface area contributed by atoms with Gasteiger partial charge in [0.2, 0.25) is 0 Å². The first-order valence-corrected chi connectivity index (χ1v) is 4.86. The van der Waals surface area contributed by atoms with Crippen LogP contribution in [-0.4, -0.2) is 25.7 Å². The molecule has 0 aromatic carbocycles. The molecule has 0 amide bonds. The second-order valence-corrected chi connectivity index (χ2v) is 3.68. The number of aromatic nitrogens is 3. The minimum atomic E-state index is -0.956. The molecule has 0 bridgehead atoms. The van der Waals surface area contributed by atoms with Gasteiger partial charge < -0.3 is 10.8 Å². The van der Waals surface area contributed by atoms with Gasteiger partial charge in [-0.1, -0.05) is 6.07 Å². The Morgan fingerprint density at radius 1 is 1.62 bits per heavy atom. The number of hydrogen-bond donors (Lipinski definition) is 2. The van der Waals surface area contributed by atoms with Gasteiger partial charge in [-0.25, -0.2) is 9.50 Å². The van der Waals surface area contributed by atoms with E-state index in [0.29, 0.717) is 11.5 Å². The summed E-state index contributed by atoms with van der Waals surface area (Å²) in [4.78, 5) is 14.7. The van der Waals surface area contributed by atoms with E-state index in [0.717, 1.165) is 5.56 Å². The molecule has 0 saturated carbocycles. The summed E-state index contributed by atoms with van der Waals surface area (Å²) in [6.45, 7) is 1.94. The number of aryl methyl sites for hydroxylation is 1. The molecule has 1 unspecified atom stereocenters. The average molecular weight is 220 g/mol. The van der Waals surface area contributed by atoms with E-state index in [4.69, 9.17) is 10.8 Å².